The molecule has 0 spiro atoms. The highest BCUT2D eigenvalue weighted by molar-refractivity contribution is 6.06. The third-order valence-corrected chi connectivity index (χ3v) is 14.0. The molecule has 65 heavy (non-hydrogen) atoms. The van der Waals surface area contributed by atoms with Gasteiger partial charge >= 0.3 is 12.2 Å². The van der Waals surface area contributed by atoms with Crippen molar-refractivity contribution in [3.8, 4) is 28.0 Å². The number of carbonyl (C=O) groups is 4. The smallest absolute Gasteiger partial charge is 0.407 e. The van der Waals surface area contributed by atoms with E-state index in [0.717, 1.165) is 97.4 Å². The summed E-state index contributed by atoms with van der Waals surface area (Å²) in [6.45, 7) is 9.28. The van der Waals surface area contributed by atoms with Crippen LogP contribution in [0.3, 0.4) is 0 Å². The first-order valence-electron chi connectivity index (χ1n) is 22.8. The van der Waals surface area contributed by atoms with Crippen LogP contribution in [0.4, 0.5) is 15.3 Å². The zero-order chi connectivity index (χ0) is 45.7. The molecule has 1 saturated carbocycles. The van der Waals surface area contributed by atoms with Gasteiger partial charge in [0.1, 0.15) is 24.2 Å². The van der Waals surface area contributed by atoms with Gasteiger partial charge < -0.3 is 39.5 Å². The Balaban J connectivity index is 0.943. The van der Waals surface area contributed by atoms with Gasteiger partial charge in [-0.1, -0.05) is 52.0 Å². The maximum absolute atomic E-state index is 14.2. The van der Waals surface area contributed by atoms with E-state index in [-0.39, 0.29) is 47.3 Å². The predicted octanol–water partition coefficient (Wildman–Crippen LogP) is 8.85. The van der Waals surface area contributed by atoms with Crippen molar-refractivity contribution in [1.82, 2.24) is 25.5 Å². The van der Waals surface area contributed by atoms with Crippen LogP contribution in [-0.2, 0) is 36.8 Å². The van der Waals surface area contributed by atoms with Crippen LogP contribution in [0, 0.1) is 29.6 Å². The van der Waals surface area contributed by atoms with E-state index in [1.807, 2.05) is 38.7 Å². The highest BCUT2D eigenvalue weighted by Gasteiger charge is 2.45. The quantitative estimate of drug-likeness (QED) is 0.111. The van der Waals surface area contributed by atoms with Crippen molar-refractivity contribution in [1.29, 1.82) is 0 Å². The number of aromatic amines is 1. The molecule has 4 aromatic carbocycles. The minimum absolute atomic E-state index is 0.0201. The Bertz CT molecular complexity index is 2720. The first-order valence-corrected chi connectivity index (χ1v) is 22.8. The van der Waals surface area contributed by atoms with Crippen molar-refractivity contribution in [2.45, 2.75) is 84.5 Å². The number of amides is 3. The minimum Gasteiger partial charge on any atom is -0.488 e. The largest absolute Gasteiger partial charge is 0.488 e. The third-order valence-electron chi connectivity index (χ3n) is 14.0. The van der Waals surface area contributed by atoms with Gasteiger partial charge in [-0.05, 0) is 118 Å². The Morgan fingerprint density at radius 2 is 1.60 bits per heavy atom. The van der Waals surface area contributed by atoms with Gasteiger partial charge in [0.25, 0.3) is 0 Å². The molecular weight excluding hydrogens is 825 g/mol. The summed E-state index contributed by atoms with van der Waals surface area (Å²) in [5.41, 5.74) is 10.1. The number of hydrogen-bond donors (Lipinski definition) is 3. The standard InChI is InChI=1S/C51H58N6O8/c1-26(2)45(55-50(60)63-6)47(58)38-18-28(24-62-5)17-35(38)41-22-36-34-23-44-37(20-31(34)12-14-39(36)52-41)33-13-10-29(19-32(33)25-65-44)30-11-15-40-42(21-30)54-48(53-40)43-9-8-16-57(43)49(59)46(27(3)4)56-51(61)64-7/h10-15,19-21,23,26-28,35,38,43,45-46H,8-9,16-18,22,24-25H2,1-7H3,(H,53,54)(H,55,60)(H,56,61)/t28-,35+,38?,43-,45-,46-/m0/s1. The number of alkyl carbamates (subject to hydrolysis) is 2. The number of nitrogens with zero attached hydrogens (tertiary/aromatic N) is 3. The summed E-state index contributed by atoms with van der Waals surface area (Å²) < 4.78 is 21.7. The first kappa shape index (κ1) is 43.9. The lowest BCUT2D eigenvalue weighted by Crippen LogP contribution is -2.51. The lowest BCUT2D eigenvalue weighted by molar-refractivity contribution is -0.135. The minimum atomic E-state index is -0.699. The zero-order valence-corrected chi connectivity index (χ0v) is 38.2. The van der Waals surface area contributed by atoms with E-state index in [2.05, 4.69) is 70.2 Å². The molecule has 1 unspecified atom stereocenters. The Kier molecular flexibility index (Phi) is 12.1. The molecule has 6 atom stereocenters. The molecule has 14 nitrogen and oxygen atoms in total. The van der Waals surface area contributed by atoms with E-state index in [1.165, 1.54) is 14.2 Å². The Labute approximate surface area is 378 Å². The SMILES string of the molecule is COC[C@@H]1CC(C(=O)[C@@H](NC(=O)OC)C(C)C)[C@H](C2=Nc3ccc4cc5c(cc4c3C2)OCc2cc(-c3ccc4nc([C@@H]6CCCN6C(=O)[C@@H](NC(=O)OC)C(C)C)[nH]c4c3)ccc2-5)C1. The summed E-state index contributed by atoms with van der Waals surface area (Å²) in [4.78, 5) is 67.7. The number of hydrogen-bond acceptors (Lipinski definition) is 10. The van der Waals surface area contributed by atoms with E-state index < -0.39 is 24.3 Å². The zero-order valence-electron chi connectivity index (χ0n) is 38.2. The van der Waals surface area contributed by atoms with E-state index in [0.29, 0.717) is 32.6 Å². The second-order valence-electron chi connectivity index (χ2n) is 18.7. The fourth-order valence-electron chi connectivity index (χ4n) is 10.7. The van der Waals surface area contributed by atoms with E-state index in [4.69, 9.17) is 28.9 Å². The molecule has 3 aliphatic heterocycles. The van der Waals surface area contributed by atoms with Gasteiger partial charge in [0.15, 0.2) is 5.78 Å². The summed E-state index contributed by atoms with van der Waals surface area (Å²) in [7, 11) is 4.30. The average Bonchev–Trinajstić information content (AvgIpc) is 4.14. The molecule has 4 aliphatic rings. The van der Waals surface area contributed by atoms with Crippen molar-refractivity contribution >= 4 is 57.1 Å². The summed E-state index contributed by atoms with van der Waals surface area (Å²) in [5, 5.41) is 7.71. The molecule has 1 aliphatic carbocycles. The second kappa shape index (κ2) is 17.9. The number of benzene rings is 4. The van der Waals surface area contributed by atoms with E-state index in [9.17, 15) is 19.2 Å². The third kappa shape index (κ3) is 8.32. The Morgan fingerprint density at radius 1 is 0.862 bits per heavy atom. The Morgan fingerprint density at radius 3 is 2.34 bits per heavy atom. The molecule has 9 rings (SSSR count). The molecule has 340 valence electrons. The molecule has 3 N–H and O–H groups in total. The van der Waals surface area contributed by atoms with Crippen LogP contribution in [0.2, 0.25) is 0 Å². The van der Waals surface area contributed by atoms with Gasteiger partial charge in [0.2, 0.25) is 5.91 Å². The molecule has 3 amide bonds. The van der Waals surface area contributed by atoms with Crippen LogP contribution in [0.1, 0.15) is 76.4 Å². The van der Waals surface area contributed by atoms with E-state index in [1.54, 1.807) is 7.11 Å². The molecule has 2 fully saturated rings. The molecule has 4 heterocycles. The van der Waals surface area contributed by atoms with Crippen LogP contribution in [0.25, 0.3) is 44.1 Å². The average molecular weight is 883 g/mol. The van der Waals surface area contributed by atoms with Crippen LogP contribution >= 0.6 is 0 Å². The van der Waals surface area contributed by atoms with Gasteiger partial charge in [-0.2, -0.15) is 0 Å². The van der Waals surface area contributed by atoms with Gasteiger partial charge in [0.05, 0.1) is 43.0 Å². The number of H-pyrrole nitrogens is 1. The summed E-state index contributed by atoms with van der Waals surface area (Å²) >= 11 is 0. The molecule has 1 saturated heterocycles. The highest BCUT2D eigenvalue weighted by Crippen LogP contribution is 2.47. The number of ether oxygens (including phenoxy) is 4. The van der Waals surface area contributed by atoms with Crippen LogP contribution in [0.5, 0.6) is 5.75 Å². The van der Waals surface area contributed by atoms with Crippen molar-refractivity contribution in [3.05, 3.63) is 77.6 Å². The number of nitrogens with one attached hydrogen (secondary N) is 3. The second-order valence-corrected chi connectivity index (χ2v) is 18.7. The monoisotopic (exact) mass is 882 g/mol. The first-order chi connectivity index (χ1) is 31.3. The lowest BCUT2D eigenvalue weighted by Gasteiger charge is -2.29. The number of likely N-dealkylation sites (tertiary alicyclic amines) is 1. The number of methoxy groups -OCH3 is 3. The number of ketones is 1. The maximum atomic E-state index is 14.2. The lowest BCUT2D eigenvalue weighted by atomic mass is 9.81. The number of Topliss-reactive ketones (excluding diaryl/α,β-unsaturated/α-hetero) is 1. The van der Waals surface area contributed by atoms with Gasteiger partial charge in [0, 0.05) is 49.8 Å². The molecule has 0 bridgehead atoms. The topological polar surface area (TPSA) is 174 Å². The fourth-order valence-corrected chi connectivity index (χ4v) is 10.7. The molecule has 14 heteroatoms. The van der Waals surface area contributed by atoms with Crippen molar-refractivity contribution < 1.29 is 38.1 Å². The van der Waals surface area contributed by atoms with E-state index >= 15 is 0 Å². The van der Waals surface area contributed by atoms with Crippen LogP contribution < -0.4 is 15.4 Å². The number of aromatic nitrogens is 2. The number of fused-ring (bicyclic) bond motifs is 7. The molecular formula is C51H58N6O8. The van der Waals surface area contributed by atoms with Crippen molar-refractivity contribution in [2.24, 2.45) is 34.6 Å². The number of rotatable bonds is 12. The number of carbonyl (C=O) groups excluding carboxylic acids is 4. The van der Waals surface area contributed by atoms with Crippen molar-refractivity contribution in [2.75, 3.05) is 34.5 Å². The maximum Gasteiger partial charge on any atom is 0.407 e. The summed E-state index contributed by atoms with van der Waals surface area (Å²) in [6.07, 6.45) is 2.51. The number of imidazole rings is 1. The molecule has 0 radical (unpaired) electrons. The van der Waals surface area contributed by atoms with Crippen molar-refractivity contribution in [3.63, 3.8) is 0 Å². The fraction of sp³-hybridized carbons (Fsp3) is 0.451. The molecule has 1 aromatic heterocycles. The van der Waals surface area contributed by atoms with Gasteiger partial charge in [-0.25, -0.2) is 14.6 Å². The Hall–Kier alpha value is -6.28. The molecule has 5 aromatic rings. The van der Waals surface area contributed by atoms with Crippen LogP contribution in [0.15, 0.2) is 65.7 Å². The van der Waals surface area contributed by atoms with Crippen LogP contribution in [-0.4, -0.2) is 91.0 Å². The summed E-state index contributed by atoms with van der Waals surface area (Å²) in [5.74, 6) is 1.08. The predicted molar refractivity (Wildman–Crippen MR) is 248 cm³/mol. The normalized spacial score (nSPS) is 20.8. The summed E-state index contributed by atoms with van der Waals surface area (Å²) in [6, 6.07) is 19.7. The highest BCUT2D eigenvalue weighted by atomic mass is 16.5. The van der Waals surface area contributed by atoms with Gasteiger partial charge in [-0.3, -0.25) is 14.6 Å². The van der Waals surface area contributed by atoms with Gasteiger partial charge in [-0.15, -0.1) is 0 Å². The number of aliphatic imine (C=N–C) groups is 1.